The molecule has 0 aliphatic carbocycles. The van der Waals surface area contributed by atoms with Gasteiger partial charge in [-0.15, -0.1) is 11.3 Å². The Bertz CT molecular complexity index is 1750. The van der Waals surface area contributed by atoms with Gasteiger partial charge in [0.15, 0.2) is 0 Å². The molecule has 0 fully saturated rings. The summed E-state index contributed by atoms with van der Waals surface area (Å²) in [6.45, 7) is 6.59. The Hall–Kier alpha value is -4.77. The van der Waals surface area contributed by atoms with Crippen molar-refractivity contribution in [2.24, 2.45) is 13.0 Å². The summed E-state index contributed by atoms with van der Waals surface area (Å²) in [5.41, 5.74) is 1.07. The van der Waals surface area contributed by atoms with Gasteiger partial charge < -0.3 is 36.1 Å². The highest BCUT2D eigenvalue weighted by atomic mass is 32.2. The topological polar surface area (TPSA) is 197 Å². The Balaban J connectivity index is 1.76. The molecule has 0 unspecified atom stereocenters. The van der Waals surface area contributed by atoms with Crippen LogP contribution in [0.1, 0.15) is 78.1 Å². The Morgan fingerprint density at radius 1 is 0.981 bits per heavy atom. The van der Waals surface area contributed by atoms with Crippen molar-refractivity contribution in [3.63, 3.8) is 0 Å². The summed E-state index contributed by atoms with van der Waals surface area (Å²) in [4.78, 5) is 91.8. The molecule has 3 heterocycles. The number of thioether (sulfide) groups is 1. The minimum atomic E-state index is -1.01. The number of benzene rings is 1. The molecule has 0 radical (unpaired) electrons. The van der Waals surface area contributed by atoms with Crippen LogP contribution in [0.3, 0.4) is 0 Å². The highest BCUT2D eigenvalue weighted by Crippen LogP contribution is 2.25. The highest BCUT2D eigenvalue weighted by Gasteiger charge is 2.32. The molecule has 2 bridgehead atoms. The van der Waals surface area contributed by atoms with E-state index >= 15 is 0 Å². The molecule has 5 N–H and O–H groups in total. The average molecular weight is 768 g/mol. The molecule has 2 aromatic heterocycles. The first kappa shape index (κ1) is 41.0. The number of carbonyl (C=O) groups excluding carboxylic acids is 6. The van der Waals surface area contributed by atoms with Crippen LogP contribution in [0.5, 0.6) is 0 Å². The average Bonchev–Trinajstić information content (AvgIpc) is 3.80. The number of aromatic nitrogens is 3. The van der Waals surface area contributed by atoms with Crippen LogP contribution in [0.25, 0.3) is 0 Å². The van der Waals surface area contributed by atoms with Crippen molar-refractivity contribution in [2.45, 2.75) is 77.2 Å². The van der Waals surface area contributed by atoms with Crippen LogP contribution in [0.4, 0.5) is 0 Å². The van der Waals surface area contributed by atoms with E-state index in [-0.39, 0.29) is 36.8 Å². The molecule has 5 atom stereocenters. The molecule has 1 aliphatic heterocycles. The van der Waals surface area contributed by atoms with Gasteiger partial charge in [0.25, 0.3) is 11.8 Å². The van der Waals surface area contributed by atoms with Crippen LogP contribution < -0.4 is 26.6 Å². The number of fused-ring (bicyclic) bond motifs is 2. The summed E-state index contributed by atoms with van der Waals surface area (Å²) in [5, 5.41) is 16.2. The van der Waals surface area contributed by atoms with Gasteiger partial charge in [0.1, 0.15) is 34.5 Å². The Labute approximate surface area is 317 Å². The molecular formula is C36H49N9O6S2. The molecule has 1 aliphatic rings. The van der Waals surface area contributed by atoms with E-state index in [0.717, 1.165) is 5.56 Å². The maximum Gasteiger partial charge on any atom is 0.274 e. The van der Waals surface area contributed by atoms with Crippen molar-refractivity contribution in [3.05, 3.63) is 70.2 Å². The quantitative estimate of drug-likeness (QED) is 0.227. The van der Waals surface area contributed by atoms with Gasteiger partial charge in [-0.1, -0.05) is 51.1 Å². The second kappa shape index (κ2) is 19.3. The van der Waals surface area contributed by atoms with Crippen LogP contribution in [-0.2, 0) is 32.6 Å². The van der Waals surface area contributed by atoms with Crippen molar-refractivity contribution in [3.8, 4) is 0 Å². The first-order valence-corrected chi connectivity index (χ1v) is 19.8. The normalized spacial score (nSPS) is 22.6. The van der Waals surface area contributed by atoms with Crippen molar-refractivity contribution < 1.29 is 28.8 Å². The van der Waals surface area contributed by atoms with E-state index in [1.807, 2.05) is 50.4 Å². The lowest BCUT2D eigenvalue weighted by Crippen LogP contribution is -2.58. The molecule has 286 valence electrons. The summed E-state index contributed by atoms with van der Waals surface area (Å²) in [7, 11) is 1.73. The summed E-state index contributed by atoms with van der Waals surface area (Å²) in [6, 6.07) is 5.17. The fourth-order valence-electron chi connectivity index (χ4n) is 5.74. The third-order valence-corrected chi connectivity index (χ3v) is 10.3. The second-order valence-corrected chi connectivity index (χ2v) is 15.2. The van der Waals surface area contributed by atoms with E-state index in [1.165, 1.54) is 41.2 Å². The van der Waals surface area contributed by atoms with Crippen molar-refractivity contribution in [1.29, 1.82) is 0 Å². The largest absolute Gasteiger partial charge is 0.349 e. The molecule has 15 nitrogen and oxygen atoms in total. The van der Waals surface area contributed by atoms with E-state index in [2.05, 4.69) is 36.6 Å². The lowest BCUT2D eigenvalue weighted by Gasteiger charge is -2.30. The lowest BCUT2D eigenvalue weighted by atomic mass is 10.0. The highest BCUT2D eigenvalue weighted by molar-refractivity contribution is 7.98. The summed E-state index contributed by atoms with van der Waals surface area (Å²) < 4.78 is 1.63. The first-order valence-electron chi connectivity index (χ1n) is 17.6. The first-order chi connectivity index (χ1) is 25.3. The standard InChI is InChI=1S/C36H49N9O6S2/c1-7-25-32(48)41-26(13-14-52-6)33(49)39-24(15-23-11-9-8-10-12-23)16-45(36(51)27-17-44(5)20-37-27)18-29(46)43-30(21(2)3)35-42-28(19-53-35)34(50)38-22(4)31(47)40-25/h8-12,17,19-22,24-26,30H,7,13-16,18H2,1-6H3,(H,38,50)(H,39,49)(H,40,47)(H,41,48)(H,43,46)/t22-,24+,25+,26+,30+/m1/s1. The number of hydrogen-bond donors (Lipinski definition) is 5. The van der Waals surface area contributed by atoms with E-state index in [0.29, 0.717) is 23.6 Å². The van der Waals surface area contributed by atoms with E-state index in [1.54, 1.807) is 30.1 Å². The smallest absolute Gasteiger partial charge is 0.274 e. The number of rotatable bonds is 8. The molecule has 53 heavy (non-hydrogen) atoms. The molecule has 3 aromatic rings. The second-order valence-electron chi connectivity index (χ2n) is 13.4. The Morgan fingerprint density at radius 2 is 1.68 bits per heavy atom. The molecule has 17 heteroatoms. The minimum absolute atomic E-state index is 0.0634. The van der Waals surface area contributed by atoms with Gasteiger partial charge in [-0.25, -0.2) is 9.97 Å². The zero-order valence-electron chi connectivity index (χ0n) is 30.9. The van der Waals surface area contributed by atoms with Crippen LogP contribution in [-0.4, -0.2) is 104 Å². The van der Waals surface area contributed by atoms with Crippen molar-refractivity contribution >= 4 is 58.5 Å². The molecule has 6 amide bonds. The molecular weight excluding hydrogens is 719 g/mol. The Kier molecular flexibility index (Phi) is 15.0. The van der Waals surface area contributed by atoms with E-state index in [9.17, 15) is 28.8 Å². The van der Waals surface area contributed by atoms with Gasteiger partial charge in [0, 0.05) is 25.2 Å². The summed E-state index contributed by atoms with van der Waals surface area (Å²) >= 11 is 2.69. The zero-order chi connectivity index (χ0) is 38.7. The SMILES string of the molecule is CC[C@@H]1NC(=O)[C@@H](C)NC(=O)c2csc(n2)[C@H](C(C)C)NC(=O)CN(C(=O)c2cn(C)cn2)C[C@H](Cc2ccccc2)NC(=O)[C@H](CCSC)NC1=O. The van der Waals surface area contributed by atoms with Gasteiger partial charge in [-0.05, 0) is 49.7 Å². The number of hydrogen-bond acceptors (Lipinski definition) is 10. The number of carbonyl (C=O) groups is 6. The predicted octanol–water partition coefficient (Wildman–Crippen LogP) is 1.82. The molecule has 0 saturated heterocycles. The number of nitrogens with one attached hydrogen (secondary N) is 5. The molecule has 0 saturated carbocycles. The van der Waals surface area contributed by atoms with Crippen molar-refractivity contribution in [2.75, 3.05) is 25.1 Å². The van der Waals surface area contributed by atoms with Crippen LogP contribution >= 0.6 is 23.1 Å². The maximum atomic E-state index is 14.0. The summed E-state index contributed by atoms with van der Waals surface area (Å²) in [5.74, 6) is -2.81. The third kappa shape index (κ3) is 11.6. The number of imidazole rings is 1. The molecule has 1 aromatic carbocycles. The molecule has 4 rings (SSSR count). The van der Waals surface area contributed by atoms with Gasteiger partial charge in [-0.2, -0.15) is 11.8 Å². The monoisotopic (exact) mass is 767 g/mol. The predicted molar refractivity (Wildman–Crippen MR) is 203 cm³/mol. The fraction of sp³-hybridized carbons (Fsp3) is 0.500. The zero-order valence-corrected chi connectivity index (χ0v) is 32.5. The van der Waals surface area contributed by atoms with E-state index < -0.39 is 65.7 Å². The number of amides is 6. The Morgan fingerprint density at radius 3 is 2.32 bits per heavy atom. The van der Waals surface area contributed by atoms with Crippen LogP contribution in [0.15, 0.2) is 48.2 Å². The number of nitrogens with zero attached hydrogens (tertiary/aromatic N) is 4. The van der Waals surface area contributed by atoms with Gasteiger partial charge >= 0.3 is 0 Å². The number of thiazole rings is 1. The van der Waals surface area contributed by atoms with Crippen LogP contribution in [0, 0.1) is 5.92 Å². The van der Waals surface area contributed by atoms with Gasteiger partial charge in [0.05, 0.1) is 25.0 Å². The number of aryl methyl sites for hydroxylation is 1. The summed E-state index contributed by atoms with van der Waals surface area (Å²) in [6.07, 6.45) is 5.76. The van der Waals surface area contributed by atoms with Crippen LogP contribution in [0.2, 0.25) is 0 Å². The third-order valence-electron chi connectivity index (χ3n) is 8.69. The fourth-order valence-corrected chi connectivity index (χ4v) is 7.23. The van der Waals surface area contributed by atoms with Gasteiger partial charge in [-0.3, -0.25) is 28.8 Å². The minimum Gasteiger partial charge on any atom is -0.349 e. The molecule has 0 spiro atoms. The van der Waals surface area contributed by atoms with Crippen molar-refractivity contribution in [1.82, 2.24) is 46.0 Å². The van der Waals surface area contributed by atoms with Gasteiger partial charge in [0.2, 0.25) is 23.6 Å². The lowest BCUT2D eigenvalue weighted by molar-refractivity contribution is -0.132. The maximum absolute atomic E-state index is 14.0. The van der Waals surface area contributed by atoms with E-state index in [4.69, 9.17) is 0 Å².